The summed E-state index contributed by atoms with van der Waals surface area (Å²) in [7, 11) is 0. The number of carboxylic acid groups (broad SMARTS) is 1. The number of ether oxygens (including phenoxy) is 1. The summed E-state index contributed by atoms with van der Waals surface area (Å²) >= 11 is 5.86. The van der Waals surface area contributed by atoms with Crippen LogP contribution in [-0.2, 0) is 16.1 Å². The van der Waals surface area contributed by atoms with Crippen molar-refractivity contribution in [1.82, 2.24) is 10.2 Å². The van der Waals surface area contributed by atoms with Gasteiger partial charge in [-0.1, -0.05) is 23.7 Å². The highest BCUT2D eigenvalue weighted by Gasteiger charge is 2.28. The number of nitrogens with zero attached hydrogens (tertiary/aromatic N) is 1. The number of carbonyl (C=O) groups excluding carboxylic acids is 1. The molecule has 7 heteroatoms. The molecule has 1 aliphatic rings. The summed E-state index contributed by atoms with van der Waals surface area (Å²) in [6, 6.07) is 6.87. The number of aliphatic carboxylic acids is 1. The first-order valence-corrected chi connectivity index (χ1v) is 6.55. The third kappa shape index (κ3) is 3.85. The van der Waals surface area contributed by atoms with Gasteiger partial charge in [-0.05, 0) is 17.7 Å². The Morgan fingerprint density at radius 3 is 3.00 bits per heavy atom. The molecule has 1 unspecified atom stereocenters. The maximum absolute atomic E-state index is 12.0. The number of carboxylic acids is 1. The largest absolute Gasteiger partial charge is 0.479 e. The van der Waals surface area contributed by atoms with E-state index in [-0.39, 0.29) is 19.2 Å². The Balaban J connectivity index is 1.87. The average Bonchev–Trinajstić information content (AvgIpc) is 2.45. The predicted octanol–water partition coefficient (Wildman–Crippen LogP) is 1.33. The number of morpholine rings is 1. The highest BCUT2D eigenvalue weighted by Crippen LogP contribution is 2.11. The Labute approximate surface area is 121 Å². The van der Waals surface area contributed by atoms with E-state index in [1.54, 1.807) is 18.2 Å². The first-order chi connectivity index (χ1) is 9.56. The molecule has 1 saturated heterocycles. The van der Waals surface area contributed by atoms with Gasteiger partial charge in [-0.15, -0.1) is 0 Å². The lowest BCUT2D eigenvalue weighted by Gasteiger charge is -2.30. The SMILES string of the molecule is O=C(O)C1CN(C(=O)NCc2cccc(Cl)c2)CCO1. The number of halogens is 1. The van der Waals surface area contributed by atoms with Crippen LogP contribution in [-0.4, -0.2) is 47.8 Å². The molecule has 2 amide bonds. The highest BCUT2D eigenvalue weighted by molar-refractivity contribution is 6.30. The van der Waals surface area contributed by atoms with Crippen molar-refractivity contribution in [2.24, 2.45) is 0 Å². The normalized spacial score (nSPS) is 18.6. The predicted molar refractivity (Wildman–Crippen MR) is 72.6 cm³/mol. The van der Waals surface area contributed by atoms with Gasteiger partial charge in [-0.25, -0.2) is 9.59 Å². The van der Waals surface area contributed by atoms with E-state index in [2.05, 4.69) is 5.32 Å². The van der Waals surface area contributed by atoms with Crippen LogP contribution in [0.2, 0.25) is 5.02 Å². The first kappa shape index (κ1) is 14.6. The molecule has 1 aromatic carbocycles. The Morgan fingerprint density at radius 1 is 1.50 bits per heavy atom. The molecular formula is C13H15ClN2O4. The van der Waals surface area contributed by atoms with Gasteiger partial charge in [-0.3, -0.25) is 0 Å². The number of nitrogens with one attached hydrogen (secondary N) is 1. The van der Waals surface area contributed by atoms with E-state index in [1.165, 1.54) is 4.90 Å². The van der Waals surface area contributed by atoms with E-state index in [9.17, 15) is 9.59 Å². The molecule has 108 valence electrons. The molecule has 0 bridgehead atoms. The zero-order chi connectivity index (χ0) is 14.5. The first-order valence-electron chi connectivity index (χ1n) is 6.18. The van der Waals surface area contributed by atoms with E-state index in [0.29, 0.717) is 18.1 Å². The van der Waals surface area contributed by atoms with Crippen LogP contribution in [0.5, 0.6) is 0 Å². The van der Waals surface area contributed by atoms with Gasteiger partial charge in [0.15, 0.2) is 6.10 Å². The lowest BCUT2D eigenvalue weighted by molar-refractivity contribution is -0.154. The average molecular weight is 299 g/mol. The molecule has 0 radical (unpaired) electrons. The number of amides is 2. The molecule has 1 aromatic rings. The van der Waals surface area contributed by atoms with Gasteiger partial charge in [0.25, 0.3) is 0 Å². The number of benzene rings is 1. The third-order valence-electron chi connectivity index (χ3n) is 2.96. The molecule has 0 spiro atoms. The fraction of sp³-hybridized carbons (Fsp3) is 0.385. The second kappa shape index (κ2) is 6.58. The number of hydrogen-bond acceptors (Lipinski definition) is 3. The molecule has 1 heterocycles. The van der Waals surface area contributed by atoms with E-state index < -0.39 is 12.1 Å². The Kier molecular flexibility index (Phi) is 4.81. The quantitative estimate of drug-likeness (QED) is 0.882. The van der Waals surface area contributed by atoms with Crippen LogP contribution >= 0.6 is 11.6 Å². The van der Waals surface area contributed by atoms with Gasteiger partial charge < -0.3 is 20.1 Å². The highest BCUT2D eigenvalue weighted by atomic mass is 35.5. The third-order valence-corrected chi connectivity index (χ3v) is 3.20. The number of urea groups is 1. The summed E-state index contributed by atoms with van der Waals surface area (Å²) in [5.74, 6) is -1.06. The molecule has 1 fully saturated rings. The Hall–Kier alpha value is -1.79. The molecular weight excluding hydrogens is 284 g/mol. The minimum atomic E-state index is -1.06. The fourth-order valence-corrected chi connectivity index (χ4v) is 2.13. The number of rotatable bonds is 3. The van der Waals surface area contributed by atoms with Crippen LogP contribution in [0.25, 0.3) is 0 Å². The second-order valence-corrected chi connectivity index (χ2v) is 4.87. The summed E-state index contributed by atoms with van der Waals surface area (Å²) < 4.78 is 5.06. The standard InChI is InChI=1S/C13H15ClN2O4/c14-10-3-1-2-9(6-10)7-15-13(19)16-4-5-20-11(8-16)12(17)18/h1-3,6,11H,4-5,7-8H2,(H,15,19)(H,17,18). The monoisotopic (exact) mass is 298 g/mol. The fourth-order valence-electron chi connectivity index (χ4n) is 1.92. The lowest BCUT2D eigenvalue weighted by atomic mass is 10.2. The van der Waals surface area contributed by atoms with Crippen LogP contribution in [0.15, 0.2) is 24.3 Å². The van der Waals surface area contributed by atoms with E-state index in [1.807, 2.05) is 6.07 Å². The van der Waals surface area contributed by atoms with Crippen molar-refractivity contribution in [2.45, 2.75) is 12.6 Å². The molecule has 1 aliphatic heterocycles. The van der Waals surface area contributed by atoms with Gasteiger partial charge in [0.1, 0.15) is 0 Å². The van der Waals surface area contributed by atoms with Crippen LogP contribution < -0.4 is 5.32 Å². The van der Waals surface area contributed by atoms with Gasteiger partial charge in [0.05, 0.1) is 13.2 Å². The lowest BCUT2D eigenvalue weighted by Crippen LogP contribution is -2.51. The van der Waals surface area contributed by atoms with Gasteiger partial charge in [0, 0.05) is 18.1 Å². The van der Waals surface area contributed by atoms with Crippen molar-refractivity contribution in [1.29, 1.82) is 0 Å². The molecule has 1 atom stereocenters. The summed E-state index contributed by atoms with van der Waals surface area (Å²) in [5.41, 5.74) is 0.883. The van der Waals surface area contributed by atoms with Crippen molar-refractivity contribution in [3.05, 3.63) is 34.9 Å². The van der Waals surface area contributed by atoms with Crippen LogP contribution in [0.4, 0.5) is 4.79 Å². The zero-order valence-electron chi connectivity index (χ0n) is 10.7. The summed E-state index contributed by atoms with van der Waals surface area (Å²) in [6.45, 7) is 0.998. The molecule has 0 saturated carbocycles. The van der Waals surface area contributed by atoms with E-state index in [0.717, 1.165) is 5.56 Å². The topological polar surface area (TPSA) is 78.9 Å². The molecule has 6 nitrogen and oxygen atoms in total. The van der Waals surface area contributed by atoms with E-state index in [4.69, 9.17) is 21.4 Å². The van der Waals surface area contributed by atoms with Crippen molar-refractivity contribution in [2.75, 3.05) is 19.7 Å². The number of hydrogen-bond donors (Lipinski definition) is 2. The minimum absolute atomic E-state index is 0.0523. The zero-order valence-corrected chi connectivity index (χ0v) is 11.5. The van der Waals surface area contributed by atoms with Gasteiger partial charge in [-0.2, -0.15) is 0 Å². The summed E-state index contributed by atoms with van der Waals surface area (Å²) in [4.78, 5) is 24.2. The maximum Gasteiger partial charge on any atom is 0.334 e. The van der Waals surface area contributed by atoms with Crippen LogP contribution in [0.3, 0.4) is 0 Å². The van der Waals surface area contributed by atoms with Crippen molar-refractivity contribution >= 4 is 23.6 Å². The van der Waals surface area contributed by atoms with E-state index >= 15 is 0 Å². The molecule has 0 aromatic heterocycles. The van der Waals surface area contributed by atoms with Gasteiger partial charge >= 0.3 is 12.0 Å². The molecule has 2 rings (SSSR count). The molecule has 0 aliphatic carbocycles. The molecule has 20 heavy (non-hydrogen) atoms. The van der Waals surface area contributed by atoms with Crippen molar-refractivity contribution in [3.63, 3.8) is 0 Å². The van der Waals surface area contributed by atoms with Crippen molar-refractivity contribution < 1.29 is 19.4 Å². The maximum atomic E-state index is 12.0. The Morgan fingerprint density at radius 2 is 2.30 bits per heavy atom. The summed E-state index contributed by atoms with van der Waals surface area (Å²) in [6.07, 6.45) is -0.958. The van der Waals surface area contributed by atoms with Crippen LogP contribution in [0, 0.1) is 0 Å². The van der Waals surface area contributed by atoms with Gasteiger partial charge in [0.2, 0.25) is 0 Å². The Bertz CT molecular complexity index is 509. The molecule has 2 N–H and O–H groups in total. The van der Waals surface area contributed by atoms with Crippen LogP contribution in [0.1, 0.15) is 5.56 Å². The minimum Gasteiger partial charge on any atom is -0.479 e. The summed E-state index contributed by atoms with van der Waals surface area (Å²) in [5, 5.41) is 12.2. The number of carbonyl (C=O) groups is 2. The van der Waals surface area contributed by atoms with Crippen molar-refractivity contribution in [3.8, 4) is 0 Å². The smallest absolute Gasteiger partial charge is 0.334 e. The second-order valence-electron chi connectivity index (χ2n) is 4.43.